The molecule has 2 aromatic heterocycles. The molecule has 5 nitrogen and oxygen atoms in total. The standard InChI is InChI=1S/C19H22N4OS/c1-22-10-8-20-18(19(22)24)23-9-4-5-15(12-23)21-11-14-13-25-17-7-3-2-6-16(14)17/h2-3,6-8,10,13,15,21H,4-5,9,11-12H2,1H3/t15-/m0/s1. The van der Waals surface area contributed by atoms with Gasteiger partial charge in [0.25, 0.3) is 5.56 Å². The topological polar surface area (TPSA) is 50.2 Å². The van der Waals surface area contributed by atoms with E-state index in [1.54, 1.807) is 35.3 Å². The van der Waals surface area contributed by atoms with Crippen LogP contribution in [0.1, 0.15) is 18.4 Å². The first-order chi connectivity index (χ1) is 12.2. The van der Waals surface area contributed by atoms with Gasteiger partial charge in [-0.05, 0) is 35.2 Å². The van der Waals surface area contributed by atoms with Crippen molar-refractivity contribution in [2.24, 2.45) is 7.05 Å². The van der Waals surface area contributed by atoms with Gasteiger partial charge in [0, 0.05) is 49.8 Å². The molecule has 130 valence electrons. The van der Waals surface area contributed by atoms with E-state index in [-0.39, 0.29) is 5.56 Å². The Morgan fingerprint density at radius 1 is 1.36 bits per heavy atom. The quantitative estimate of drug-likeness (QED) is 0.783. The first kappa shape index (κ1) is 16.3. The highest BCUT2D eigenvalue weighted by Crippen LogP contribution is 2.25. The summed E-state index contributed by atoms with van der Waals surface area (Å²) in [5, 5.41) is 7.26. The van der Waals surface area contributed by atoms with Crippen molar-refractivity contribution in [2.75, 3.05) is 18.0 Å². The molecule has 1 saturated heterocycles. The van der Waals surface area contributed by atoms with Gasteiger partial charge in [0.05, 0.1) is 0 Å². The minimum absolute atomic E-state index is 0.0213. The van der Waals surface area contributed by atoms with Crippen LogP contribution in [0.4, 0.5) is 5.82 Å². The summed E-state index contributed by atoms with van der Waals surface area (Å²) < 4.78 is 2.93. The zero-order chi connectivity index (χ0) is 17.2. The van der Waals surface area contributed by atoms with Crippen LogP contribution >= 0.6 is 11.3 Å². The summed E-state index contributed by atoms with van der Waals surface area (Å²) in [5.74, 6) is 0.567. The van der Waals surface area contributed by atoms with Gasteiger partial charge in [-0.1, -0.05) is 18.2 Å². The Labute approximate surface area is 150 Å². The van der Waals surface area contributed by atoms with E-state index in [2.05, 4.69) is 44.8 Å². The van der Waals surface area contributed by atoms with Gasteiger partial charge in [-0.2, -0.15) is 0 Å². The number of hydrogen-bond donors (Lipinski definition) is 1. The van der Waals surface area contributed by atoms with Gasteiger partial charge in [0.1, 0.15) is 0 Å². The Morgan fingerprint density at radius 2 is 2.24 bits per heavy atom. The molecule has 0 aliphatic carbocycles. The van der Waals surface area contributed by atoms with Crippen LogP contribution in [0.15, 0.2) is 46.8 Å². The third kappa shape index (κ3) is 3.32. The number of anilines is 1. The number of rotatable bonds is 4. The van der Waals surface area contributed by atoms with E-state index in [9.17, 15) is 4.79 Å². The van der Waals surface area contributed by atoms with Crippen molar-refractivity contribution >= 4 is 27.2 Å². The summed E-state index contributed by atoms with van der Waals surface area (Å²) in [6.45, 7) is 2.59. The molecule has 4 rings (SSSR count). The SMILES string of the molecule is Cn1ccnc(N2CCC[C@H](NCc3csc4ccccc34)C2)c1=O. The molecule has 3 heterocycles. The molecular formula is C19H22N4OS. The minimum atomic E-state index is -0.0213. The van der Waals surface area contributed by atoms with Gasteiger partial charge in [-0.3, -0.25) is 4.79 Å². The van der Waals surface area contributed by atoms with Crippen molar-refractivity contribution in [2.45, 2.75) is 25.4 Å². The molecule has 0 bridgehead atoms. The Bertz CT molecular complexity index is 932. The van der Waals surface area contributed by atoms with Crippen LogP contribution in [0.2, 0.25) is 0 Å². The highest BCUT2D eigenvalue weighted by molar-refractivity contribution is 7.17. The molecule has 1 fully saturated rings. The zero-order valence-corrected chi connectivity index (χ0v) is 15.1. The summed E-state index contributed by atoms with van der Waals surface area (Å²) in [4.78, 5) is 18.7. The lowest BCUT2D eigenvalue weighted by atomic mass is 10.1. The molecule has 0 radical (unpaired) electrons. The van der Waals surface area contributed by atoms with Crippen molar-refractivity contribution in [1.82, 2.24) is 14.9 Å². The number of nitrogens with one attached hydrogen (secondary N) is 1. The molecule has 1 N–H and O–H groups in total. The highest BCUT2D eigenvalue weighted by Gasteiger charge is 2.22. The van der Waals surface area contributed by atoms with Crippen LogP contribution in [-0.2, 0) is 13.6 Å². The van der Waals surface area contributed by atoms with Crippen molar-refractivity contribution in [3.8, 4) is 0 Å². The number of piperidine rings is 1. The van der Waals surface area contributed by atoms with Gasteiger partial charge in [-0.15, -0.1) is 11.3 Å². The average Bonchev–Trinajstić information content (AvgIpc) is 3.06. The number of benzene rings is 1. The largest absolute Gasteiger partial charge is 0.350 e. The molecule has 6 heteroatoms. The van der Waals surface area contributed by atoms with E-state index in [0.29, 0.717) is 11.9 Å². The predicted octanol–water partition coefficient (Wildman–Crippen LogP) is 2.75. The van der Waals surface area contributed by atoms with Crippen LogP contribution in [0.25, 0.3) is 10.1 Å². The van der Waals surface area contributed by atoms with E-state index in [1.807, 2.05) is 0 Å². The fourth-order valence-electron chi connectivity index (χ4n) is 3.46. The zero-order valence-electron chi connectivity index (χ0n) is 14.3. The average molecular weight is 354 g/mol. The van der Waals surface area contributed by atoms with Crippen molar-refractivity contribution in [1.29, 1.82) is 0 Å². The molecule has 0 saturated carbocycles. The lowest BCUT2D eigenvalue weighted by molar-refractivity contribution is 0.419. The fraction of sp³-hybridized carbons (Fsp3) is 0.368. The number of thiophene rings is 1. The van der Waals surface area contributed by atoms with Crippen LogP contribution in [-0.4, -0.2) is 28.7 Å². The molecule has 1 aromatic carbocycles. The number of fused-ring (bicyclic) bond motifs is 1. The maximum atomic E-state index is 12.3. The molecule has 0 spiro atoms. The Hall–Kier alpha value is -2.18. The predicted molar refractivity (Wildman–Crippen MR) is 103 cm³/mol. The third-order valence-corrected chi connectivity index (χ3v) is 5.87. The Morgan fingerprint density at radius 3 is 3.16 bits per heavy atom. The lowest BCUT2D eigenvalue weighted by Crippen LogP contribution is -2.47. The van der Waals surface area contributed by atoms with E-state index >= 15 is 0 Å². The van der Waals surface area contributed by atoms with Gasteiger partial charge in [0.2, 0.25) is 0 Å². The highest BCUT2D eigenvalue weighted by atomic mass is 32.1. The van der Waals surface area contributed by atoms with Crippen molar-refractivity contribution < 1.29 is 0 Å². The van der Waals surface area contributed by atoms with E-state index in [1.165, 1.54) is 15.6 Å². The van der Waals surface area contributed by atoms with Crippen LogP contribution in [0.3, 0.4) is 0 Å². The van der Waals surface area contributed by atoms with Crippen molar-refractivity contribution in [3.63, 3.8) is 0 Å². The number of hydrogen-bond acceptors (Lipinski definition) is 5. The van der Waals surface area contributed by atoms with E-state index in [4.69, 9.17) is 0 Å². The first-order valence-corrected chi connectivity index (χ1v) is 9.55. The van der Waals surface area contributed by atoms with Crippen molar-refractivity contribution in [3.05, 3.63) is 58.0 Å². The summed E-state index contributed by atoms with van der Waals surface area (Å²) in [7, 11) is 1.77. The fourth-order valence-corrected chi connectivity index (χ4v) is 4.42. The molecular weight excluding hydrogens is 332 g/mol. The molecule has 1 aliphatic heterocycles. The summed E-state index contributed by atoms with van der Waals surface area (Å²) >= 11 is 1.80. The third-order valence-electron chi connectivity index (χ3n) is 4.86. The number of aryl methyl sites for hydroxylation is 1. The smallest absolute Gasteiger partial charge is 0.293 e. The molecule has 1 aliphatic rings. The van der Waals surface area contributed by atoms with E-state index in [0.717, 1.165) is 32.5 Å². The van der Waals surface area contributed by atoms with Crippen LogP contribution in [0, 0.1) is 0 Å². The summed E-state index contributed by atoms with van der Waals surface area (Å²) in [6.07, 6.45) is 5.60. The maximum Gasteiger partial charge on any atom is 0.293 e. The van der Waals surface area contributed by atoms with Gasteiger partial charge in [0.15, 0.2) is 5.82 Å². The molecule has 0 unspecified atom stereocenters. The molecule has 3 aromatic rings. The normalized spacial score (nSPS) is 18.0. The van der Waals surface area contributed by atoms with Crippen LogP contribution < -0.4 is 15.8 Å². The van der Waals surface area contributed by atoms with Gasteiger partial charge in [-0.25, -0.2) is 4.98 Å². The number of nitrogens with zero attached hydrogens (tertiary/aromatic N) is 3. The second-order valence-corrected chi connectivity index (χ2v) is 7.50. The molecule has 1 atom stereocenters. The molecule has 25 heavy (non-hydrogen) atoms. The van der Waals surface area contributed by atoms with Crippen LogP contribution in [0.5, 0.6) is 0 Å². The minimum Gasteiger partial charge on any atom is -0.350 e. The van der Waals surface area contributed by atoms with Gasteiger partial charge < -0.3 is 14.8 Å². The monoisotopic (exact) mass is 354 g/mol. The van der Waals surface area contributed by atoms with Gasteiger partial charge >= 0.3 is 0 Å². The maximum absolute atomic E-state index is 12.3. The Kier molecular flexibility index (Phi) is 4.55. The summed E-state index contributed by atoms with van der Waals surface area (Å²) in [5.41, 5.74) is 1.33. The second kappa shape index (κ2) is 6.98. The lowest BCUT2D eigenvalue weighted by Gasteiger charge is -2.33. The van der Waals surface area contributed by atoms with E-state index < -0.39 is 0 Å². The first-order valence-electron chi connectivity index (χ1n) is 8.67. The summed E-state index contributed by atoms with van der Waals surface area (Å²) in [6, 6.07) is 8.91. The second-order valence-electron chi connectivity index (χ2n) is 6.59. The Balaban J connectivity index is 1.45. The molecule has 0 amide bonds. The number of aromatic nitrogens is 2.